The summed E-state index contributed by atoms with van der Waals surface area (Å²) in [6.45, 7) is 6.41. The van der Waals surface area contributed by atoms with Gasteiger partial charge in [-0.05, 0) is 18.6 Å². The van der Waals surface area contributed by atoms with Crippen LogP contribution in [0.2, 0.25) is 0 Å². The first-order valence-corrected chi connectivity index (χ1v) is 7.81. The molecule has 23 heavy (non-hydrogen) atoms. The van der Waals surface area contributed by atoms with Crippen molar-refractivity contribution < 1.29 is 9.47 Å². The minimum atomic E-state index is 0.610. The zero-order chi connectivity index (χ0) is 15.9. The number of ether oxygens (including phenoxy) is 2. The molecule has 0 saturated carbocycles. The van der Waals surface area contributed by atoms with Crippen molar-refractivity contribution in [2.24, 2.45) is 0 Å². The Morgan fingerprint density at radius 3 is 2.91 bits per heavy atom. The maximum Gasteiger partial charge on any atom is 0.213 e. The van der Waals surface area contributed by atoms with E-state index in [1.165, 1.54) is 0 Å². The van der Waals surface area contributed by atoms with Gasteiger partial charge < -0.3 is 19.7 Å². The second-order valence-electron chi connectivity index (χ2n) is 5.15. The van der Waals surface area contributed by atoms with Crippen molar-refractivity contribution in [3.63, 3.8) is 0 Å². The topological polar surface area (TPSA) is 72.4 Å². The lowest BCUT2D eigenvalue weighted by Crippen LogP contribution is -2.36. The van der Waals surface area contributed by atoms with Crippen LogP contribution < -0.4 is 15.0 Å². The molecule has 2 aromatic rings. The van der Waals surface area contributed by atoms with E-state index < -0.39 is 0 Å². The molecule has 1 saturated heterocycles. The van der Waals surface area contributed by atoms with Crippen LogP contribution in [0.25, 0.3) is 0 Å². The normalized spacial score (nSPS) is 14.6. The predicted molar refractivity (Wildman–Crippen MR) is 87.8 cm³/mol. The van der Waals surface area contributed by atoms with Crippen LogP contribution >= 0.6 is 0 Å². The molecule has 122 valence electrons. The van der Waals surface area contributed by atoms with Crippen molar-refractivity contribution in [3.8, 4) is 5.88 Å². The molecule has 0 bridgehead atoms. The Bertz CT molecular complexity index is 631. The molecule has 1 aliphatic heterocycles. The van der Waals surface area contributed by atoms with Gasteiger partial charge in [-0.15, -0.1) is 0 Å². The summed E-state index contributed by atoms with van der Waals surface area (Å²) in [6, 6.07) is 5.86. The van der Waals surface area contributed by atoms with Gasteiger partial charge in [0.25, 0.3) is 0 Å². The van der Waals surface area contributed by atoms with E-state index in [0.717, 1.165) is 43.5 Å². The molecule has 2 aromatic heterocycles. The Hall–Kier alpha value is -2.41. The SMILES string of the molecule is CCOc1cc(CNc2cc(N3CCOCC3)ncn2)ccn1. The van der Waals surface area contributed by atoms with Crippen LogP contribution in [-0.4, -0.2) is 47.9 Å². The smallest absolute Gasteiger partial charge is 0.213 e. The summed E-state index contributed by atoms with van der Waals surface area (Å²) in [4.78, 5) is 15.0. The number of aromatic nitrogens is 3. The number of hydrogen-bond donors (Lipinski definition) is 1. The van der Waals surface area contributed by atoms with Gasteiger partial charge in [0.15, 0.2) is 0 Å². The fourth-order valence-electron chi connectivity index (χ4n) is 2.39. The van der Waals surface area contributed by atoms with Gasteiger partial charge in [0.05, 0.1) is 19.8 Å². The van der Waals surface area contributed by atoms with Crippen LogP contribution in [-0.2, 0) is 11.3 Å². The van der Waals surface area contributed by atoms with Gasteiger partial charge in [-0.3, -0.25) is 0 Å². The van der Waals surface area contributed by atoms with Gasteiger partial charge >= 0.3 is 0 Å². The van der Waals surface area contributed by atoms with E-state index >= 15 is 0 Å². The van der Waals surface area contributed by atoms with Crippen LogP contribution in [0.4, 0.5) is 11.6 Å². The van der Waals surface area contributed by atoms with Crippen LogP contribution in [0, 0.1) is 0 Å². The van der Waals surface area contributed by atoms with Crippen molar-refractivity contribution in [1.82, 2.24) is 15.0 Å². The monoisotopic (exact) mass is 315 g/mol. The number of nitrogens with zero attached hydrogens (tertiary/aromatic N) is 4. The fourth-order valence-corrected chi connectivity index (χ4v) is 2.39. The second kappa shape index (κ2) is 7.73. The summed E-state index contributed by atoms with van der Waals surface area (Å²) in [7, 11) is 0. The first kappa shape index (κ1) is 15.5. The molecule has 0 amide bonds. The number of morpholine rings is 1. The van der Waals surface area contributed by atoms with Crippen molar-refractivity contribution in [2.45, 2.75) is 13.5 Å². The molecular weight excluding hydrogens is 294 g/mol. The zero-order valence-corrected chi connectivity index (χ0v) is 13.2. The minimum Gasteiger partial charge on any atom is -0.478 e. The average Bonchev–Trinajstić information content (AvgIpc) is 2.62. The van der Waals surface area contributed by atoms with Crippen molar-refractivity contribution in [1.29, 1.82) is 0 Å². The third-order valence-corrected chi connectivity index (χ3v) is 3.55. The Labute approximate surface area is 135 Å². The molecular formula is C16H21N5O2. The van der Waals surface area contributed by atoms with Gasteiger partial charge in [-0.1, -0.05) is 0 Å². The molecule has 0 aliphatic carbocycles. The van der Waals surface area contributed by atoms with Gasteiger partial charge in [-0.25, -0.2) is 15.0 Å². The summed E-state index contributed by atoms with van der Waals surface area (Å²) in [6.07, 6.45) is 3.34. The van der Waals surface area contributed by atoms with Crippen LogP contribution in [0.1, 0.15) is 12.5 Å². The van der Waals surface area contributed by atoms with Gasteiger partial charge in [0.2, 0.25) is 5.88 Å². The molecule has 0 radical (unpaired) electrons. The minimum absolute atomic E-state index is 0.610. The Balaban J connectivity index is 1.62. The van der Waals surface area contributed by atoms with Crippen molar-refractivity contribution in [3.05, 3.63) is 36.3 Å². The first-order valence-electron chi connectivity index (χ1n) is 7.81. The summed E-state index contributed by atoms with van der Waals surface area (Å²) < 4.78 is 10.8. The molecule has 7 nitrogen and oxygen atoms in total. The molecule has 3 rings (SSSR count). The molecule has 7 heteroatoms. The summed E-state index contributed by atoms with van der Waals surface area (Å²) in [5.74, 6) is 2.37. The Kier molecular flexibility index (Phi) is 5.21. The quantitative estimate of drug-likeness (QED) is 0.870. The molecule has 0 unspecified atom stereocenters. The molecule has 1 aliphatic rings. The standard InChI is InChI=1S/C16H21N5O2/c1-2-23-16-9-13(3-4-17-16)11-18-14-10-15(20-12-19-14)21-5-7-22-8-6-21/h3-4,9-10,12H,2,5-8,11H2,1H3,(H,18,19,20). The summed E-state index contributed by atoms with van der Waals surface area (Å²) in [5, 5.41) is 3.32. The highest BCUT2D eigenvalue weighted by Crippen LogP contribution is 2.16. The fraction of sp³-hybridized carbons (Fsp3) is 0.438. The van der Waals surface area contributed by atoms with Crippen LogP contribution in [0.15, 0.2) is 30.7 Å². The number of anilines is 2. The lowest BCUT2D eigenvalue weighted by Gasteiger charge is -2.27. The van der Waals surface area contributed by atoms with E-state index in [0.29, 0.717) is 19.0 Å². The highest BCUT2D eigenvalue weighted by molar-refractivity contribution is 5.49. The maximum absolute atomic E-state index is 5.41. The average molecular weight is 315 g/mol. The molecule has 0 aromatic carbocycles. The number of pyridine rings is 1. The van der Waals surface area contributed by atoms with Gasteiger partial charge in [-0.2, -0.15) is 0 Å². The van der Waals surface area contributed by atoms with E-state index in [9.17, 15) is 0 Å². The maximum atomic E-state index is 5.41. The highest BCUT2D eigenvalue weighted by atomic mass is 16.5. The predicted octanol–water partition coefficient (Wildman–Crippen LogP) is 1.72. The van der Waals surface area contributed by atoms with Crippen LogP contribution in [0.3, 0.4) is 0 Å². The number of nitrogens with one attached hydrogen (secondary N) is 1. The molecule has 0 spiro atoms. The summed E-state index contributed by atoms with van der Waals surface area (Å²) >= 11 is 0. The summed E-state index contributed by atoms with van der Waals surface area (Å²) in [5.41, 5.74) is 1.09. The molecule has 1 N–H and O–H groups in total. The van der Waals surface area contributed by atoms with E-state index in [-0.39, 0.29) is 0 Å². The Morgan fingerprint density at radius 2 is 2.09 bits per heavy atom. The number of hydrogen-bond acceptors (Lipinski definition) is 7. The Morgan fingerprint density at radius 1 is 1.22 bits per heavy atom. The largest absolute Gasteiger partial charge is 0.478 e. The lowest BCUT2D eigenvalue weighted by atomic mass is 10.2. The molecule has 0 atom stereocenters. The third kappa shape index (κ3) is 4.29. The van der Waals surface area contributed by atoms with Gasteiger partial charge in [0.1, 0.15) is 18.0 Å². The van der Waals surface area contributed by atoms with E-state index in [4.69, 9.17) is 9.47 Å². The highest BCUT2D eigenvalue weighted by Gasteiger charge is 2.12. The van der Waals surface area contributed by atoms with Crippen LogP contribution in [0.5, 0.6) is 5.88 Å². The van der Waals surface area contributed by atoms with E-state index in [2.05, 4.69) is 25.2 Å². The first-order chi connectivity index (χ1) is 11.3. The van der Waals surface area contributed by atoms with Crippen molar-refractivity contribution in [2.75, 3.05) is 43.1 Å². The van der Waals surface area contributed by atoms with Gasteiger partial charge in [0, 0.05) is 38.0 Å². The third-order valence-electron chi connectivity index (χ3n) is 3.55. The zero-order valence-electron chi connectivity index (χ0n) is 13.2. The van der Waals surface area contributed by atoms with E-state index in [1.54, 1.807) is 12.5 Å². The van der Waals surface area contributed by atoms with Crippen molar-refractivity contribution >= 4 is 11.6 Å². The number of rotatable bonds is 6. The van der Waals surface area contributed by atoms with E-state index in [1.807, 2.05) is 25.1 Å². The molecule has 1 fully saturated rings. The lowest BCUT2D eigenvalue weighted by molar-refractivity contribution is 0.122. The second-order valence-corrected chi connectivity index (χ2v) is 5.15. The molecule has 3 heterocycles.